The van der Waals surface area contributed by atoms with Gasteiger partial charge in [0.25, 0.3) is 0 Å². The van der Waals surface area contributed by atoms with E-state index in [9.17, 15) is 4.79 Å². The van der Waals surface area contributed by atoms with Crippen LogP contribution in [0.1, 0.15) is 39.5 Å². The van der Waals surface area contributed by atoms with Crippen LogP contribution >= 0.6 is 0 Å². The highest BCUT2D eigenvalue weighted by molar-refractivity contribution is 5.73. The Balaban J connectivity index is 1.91. The molecule has 0 radical (unpaired) electrons. The summed E-state index contributed by atoms with van der Waals surface area (Å²) in [5, 5.41) is 0. The first-order chi connectivity index (χ1) is 6.18. The van der Waals surface area contributed by atoms with E-state index < -0.39 is 0 Å². The van der Waals surface area contributed by atoms with E-state index in [0.717, 1.165) is 19.0 Å². The van der Waals surface area contributed by atoms with Crippen LogP contribution in [-0.2, 0) is 4.79 Å². The van der Waals surface area contributed by atoms with Crippen molar-refractivity contribution in [3.8, 4) is 0 Å². The number of carbonyl (C=O) groups is 1. The molecule has 1 aliphatic carbocycles. The molecule has 2 rings (SSSR count). The van der Waals surface area contributed by atoms with Crippen LogP contribution in [0.5, 0.6) is 0 Å². The van der Waals surface area contributed by atoms with Crippen LogP contribution in [0.2, 0.25) is 0 Å². The predicted octanol–water partition coefficient (Wildman–Crippen LogP) is 2.04. The third kappa shape index (κ3) is 1.47. The lowest BCUT2D eigenvalue weighted by molar-refractivity contribution is -0.130. The van der Waals surface area contributed by atoms with Crippen LogP contribution in [0.4, 0.5) is 0 Å². The van der Waals surface area contributed by atoms with Crippen LogP contribution in [0.3, 0.4) is 0 Å². The number of piperidine rings is 1. The number of hydrogen-bond acceptors (Lipinski definition) is 1. The average molecular weight is 181 g/mol. The summed E-state index contributed by atoms with van der Waals surface area (Å²) in [7, 11) is 0. The van der Waals surface area contributed by atoms with E-state index in [-0.39, 0.29) is 5.91 Å². The van der Waals surface area contributed by atoms with Gasteiger partial charge in [0.05, 0.1) is 0 Å². The Morgan fingerprint density at radius 1 is 1.62 bits per heavy atom. The molecule has 1 aliphatic heterocycles. The first-order valence-corrected chi connectivity index (χ1v) is 5.43. The second kappa shape index (κ2) is 3.00. The maximum Gasteiger partial charge on any atom is 0.219 e. The van der Waals surface area contributed by atoms with Crippen molar-refractivity contribution in [3.05, 3.63) is 0 Å². The zero-order valence-corrected chi connectivity index (χ0v) is 8.68. The van der Waals surface area contributed by atoms with Crippen molar-refractivity contribution in [1.82, 2.24) is 4.90 Å². The highest BCUT2D eigenvalue weighted by Crippen LogP contribution is 2.60. The second-order valence-corrected chi connectivity index (χ2v) is 4.73. The molecule has 2 heteroatoms. The van der Waals surface area contributed by atoms with Crippen molar-refractivity contribution in [2.45, 2.75) is 39.5 Å². The Morgan fingerprint density at radius 3 is 2.92 bits per heavy atom. The lowest BCUT2D eigenvalue weighted by Gasteiger charge is -2.30. The molecule has 0 aromatic carbocycles. The average Bonchev–Trinajstić information content (AvgIpc) is 2.77. The van der Waals surface area contributed by atoms with Gasteiger partial charge in [-0.05, 0) is 30.6 Å². The van der Waals surface area contributed by atoms with Gasteiger partial charge in [0, 0.05) is 20.0 Å². The van der Waals surface area contributed by atoms with Gasteiger partial charge < -0.3 is 4.90 Å². The molecule has 1 saturated heterocycles. The van der Waals surface area contributed by atoms with Crippen LogP contribution in [-0.4, -0.2) is 23.9 Å². The molecule has 0 spiro atoms. The number of amides is 1. The lowest BCUT2D eigenvalue weighted by atomic mass is 9.90. The van der Waals surface area contributed by atoms with Crippen molar-refractivity contribution in [1.29, 1.82) is 0 Å². The molecular formula is C11H19NO. The molecule has 1 heterocycles. The highest BCUT2D eigenvalue weighted by atomic mass is 16.2. The topological polar surface area (TPSA) is 20.3 Å². The van der Waals surface area contributed by atoms with Gasteiger partial charge in [-0.1, -0.05) is 13.3 Å². The number of rotatable bonds is 2. The summed E-state index contributed by atoms with van der Waals surface area (Å²) in [5.41, 5.74) is 0.667. The molecule has 2 fully saturated rings. The third-order valence-electron chi connectivity index (χ3n) is 3.87. The van der Waals surface area contributed by atoms with Crippen LogP contribution in [0.15, 0.2) is 0 Å². The molecule has 0 bridgehead atoms. The Kier molecular flexibility index (Phi) is 2.09. The van der Waals surface area contributed by atoms with Crippen LogP contribution < -0.4 is 0 Å². The molecule has 2 aliphatic rings. The fourth-order valence-corrected chi connectivity index (χ4v) is 2.93. The number of fused-ring (bicyclic) bond motifs is 1. The molecule has 2 nitrogen and oxygen atoms in total. The smallest absolute Gasteiger partial charge is 0.219 e. The second-order valence-electron chi connectivity index (χ2n) is 4.73. The molecule has 1 amide bonds. The summed E-state index contributed by atoms with van der Waals surface area (Å²) in [6.45, 7) is 6.00. The van der Waals surface area contributed by atoms with Crippen molar-refractivity contribution in [2.24, 2.45) is 11.3 Å². The van der Waals surface area contributed by atoms with Crippen LogP contribution in [0, 0.1) is 11.3 Å². The first-order valence-electron chi connectivity index (χ1n) is 5.43. The monoisotopic (exact) mass is 181 g/mol. The van der Waals surface area contributed by atoms with E-state index in [0.29, 0.717) is 5.41 Å². The normalized spacial score (nSPS) is 37.1. The largest absolute Gasteiger partial charge is 0.343 e. The molecule has 2 unspecified atom stereocenters. The number of hydrogen-bond donors (Lipinski definition) is 0. The van der Waals surface area contributed by atoms with Crippen LogP contribution in [0.25, 0.3) is 0 Å². The Bertz CT molecular complexity index is 226. The van der Waals surface area contributed by atoms with Gasteiger partial charge in [-0.15, -0.1) is 0 Å². The fraction of sp³-hybridized carbons (Fsp3) is 0.909. The molecular weight excluding hydrogens is 162 g/mol. The standard InChI is InChI=1S/C11H19NO/c1-3-4-11-5-6-12(9(2)13)8-10(11)7-11/h10H,3-8H2,1-2H3. The number of likely N-dealkylation sites (tertiary alicyclic amines) is 1. The zero-order valence-electron chi connectivity index (χ0n) is 8.68. The summed E-state index contributed by atoms with van der Waals surface area (Å²) in [6.07, 6.45) is 5.32. The fourth-order valence-electron chi connectivity index (χ4n) is 2.93. The summed E-state index contributed by atoms with van der Waals surface area (Å²) in [4.78, 5) is 13.2. The summed E-state index contributed by atoms with van der Waals surface area (Å²) >= 11 is 0. The van der Waals surface area contributed by atoms with E-state index in [1.807, 2.05) is 4.90 Å². The molecule has 1 saturated carbocycles. The third-order valence-corrected chi connectivity index (χ3v) is 3.87. The summed E-state index contributed by atoms with van der Waals surface area (Å²) in [5.74, 6) is 1.10. The van der Waals surface area contributed by atoms with Crippen molar-refractivity contribution >= 4 is 5.91 Å². The zero-order chi connectivity index (χ0) is 9.47. The molecule has 13 heavy (non-hydrogen) atoms. The van der Waals surface area contributed by atoms with Crippen molar-refractivity contribution in [3.63, 3.8) is 0 Å². The van der Waals surface area contributed by atoms with E-state index >= 15 is 0 Å². The number of carbonyl (C=O) groups excluding carboxylic acids is 1. The van der Waals surface area contributed by atoms with Crippen molar-refractivity contribution in [2.75, 3.05) is 13.1 Å². The van der Waals surface area contributed by atoms with Gasteiger partial charge in [-0.25, -0.2) is 0 Å². The maximum atomic E-state index is 11.2. The highest BCUT2D eigenvalue weighted by Gasteiger charge is 2.55. The van der Waals surface area contributed by atoms with Gasteiger partial charge in [-0.2, -0.15) is 0 Å². The summed E-state index contributed by atoms with van der Waals surface area (Å²) < 4.78 is 0. The first kappa shape index (κ1) is 9.04. The molecule has 74 valence electrons. The van der Waals surface area contributed by atoms with Gasteiger partial charge >= 0.3 is 0 Å². The van der Waals surface area contributed by atoms with E-state index in [4.69, 9.17) is 0 Å². The van der Waals surface area contributed by atoms with Crippen molar-refractivity contribution < 1.29 is 4.79 Å². The lowest BCUT2D eigenvalue weighted by Crippen LogP contribution is -2.37. The quantitative estimate of drug-likeness (QED) is 0.638. The Morgan fingerprint density at radius 2 is 2.38 bits per heavy atom. The molecule has 0 N–H and O–H groups in total. The van der Waals surface area contributed by atoms with Gasteiger partial charge in [0.2, 0.25) is 5.91 Å². The minimum Gasteiger partial charge on any atom is -0.343 e. The minimum absolute atomic E-state index is 0.261. The number of nitrogens with zero attached hydrogens (tertiary/aromatic N) is 1. The van der Waals surface area contributed by atoms with Gasteiger partial charge in [-0.3, -0.25) is 4.79 Å². The molecule has 2 atom stereocenters. The predicted molar refractivity (Wildman–Crippen MR) is 52.3 cm³/mol. The SMILES string of the molecule is CCCC12CCN(C(C)=O)CC1C2. The van der Waals surface area contributed by atoms with E-state index in [1.165, 1.54) is 25.7 Å². The molecule has 0 aromatic heterocycles. The minimum atomic E-state index is 0.261. The van der Waals surface area contributed by atoms with Gasteiger partial charge in [0.1, 0.15) is 0 Å². The Labute approximate surface area is 80.3 Å². The summed E-state index contributed by atoms with van der Waals surface area (Å²) in [6, 6.07) is 0. The molecule has 0 aromatic rings. The van der Waals surface area contributed by atoms with E-state index in [2.05, 4.69) is 6.92 Å². The maximum absolute atomic E-state index is 11.2. The Hall–Kier alpha value is -0.530. The van der Waals surface area contributed by atoms with Gasteiger partial charge in [0.15, 0.2) is 0 Å². The van der Waals surface area contributed by atoms with E-state index in [1.54, 1.807) is 6.92 Å².